The highest BCUT2D eigenvalue weighted by Gasteiger charge is 2.19. The second-order valence-corrected chi connectivity index (χ2v) is 21.0. The van der Waals surface area contributed by atoms with Gasteiger partial charge in [-0.25, -0.2) is 0 Å². The number of rotatable bonds is 57. The van der Waals surface area contributed by atoms with Crippen molar-refractivity contribution in [2.75, 3.05) is 13.2 Å². The van der Waals surface area contributed by atoms with Crippen LogP contribution in [0.25, 0.3) is 0 Å². The summed E-state index contributed by atoms with van der Waals surface area (Å²) in [6.07, 6.45) is 68.9. The first-order chi connectivity index (χ1) is 34.0. The molecule has 6 heteroatoms. The number of esters is 3. The summed E-state index contributed by atoms with van der Waals surface area (Å²) in [7, 11) is 0. The molecule has 0 spiro atoms. The molecule has 1 unspecified atom stereocenters. The Kier molecular flexibility index (Phi) is 56.7. The molecule has 0 aliphatic carbocycles. The van der Waals surface area contributed by atoms with Gasteiger partial charge in [-0.2, -0.15) is 0 Å². The molecule has 0 aromatic carbocycles. The standard InChI is InChI=1S/C63H118O6/c1-4-7-10-13-16-19-22-25-27-29-30-31-32-33-34-36-38-41-44-47-50-53-56-62(65)68-59-60(58-67-61(64)55-52-49-46-43-40-37-24-21-18-15-12-9-6-3)69-63(66)57-54-51-48-45-42-39-35-28-26-23-20-17-14-11-8-5-2/h21,24,28,35,60H,4-20,22-23,25-27,29-34,36-59H2,1-3H3/b24-21-,35-28-. The topological polar surface area (TPSA) is 78.9 Å². The van der Waals surface area contributed by atoms with Gasteiger partial charge < -0.3 is 14.2 Å². The van der Waals surface area contributed by atoms with E-state index in [9.17, 15) is 14.4 Å². The van der Waals surface area contributed by atoms with E-state index in [2.05, 4.69) is 45.1 Å². The highest BCUT2D eigenvalue weighted by atomic mass is 16.6. The SMILES string of the molecule is CCCCCC/C=C\CCCCCCCC(=O)OCC(COC(=O)CCCCCCCCCCCCCCCCCCCCCCCC)OC(=O)CCCCCCC/C=C\CCCCCCCCC. The highest BCUT2D eigenvalue weighted by Crippen LogP contribution is 2.17. The van der Waals surface area contributed by atoms with E-state index >= 15 is 0 Å². The maximum absolute atomic E-state index is 12.9. The molecule has 0 fully saturated rings. The lowest BCUT2D eigenvalue weighted by molar-refractivity contribution is -0.167. The molecule has 0 aromatic heterocycles. The van der Waals surface area contributed by atoms with Crippen LogP contribution in [0, 0.1) is 0 Å². The third-order valence-electron chi connectivity index (χ3n) is 13.9. The number of unbranched alkanes of at least 4 members (excludes halogenated alkanes) is 42. The molecule has 1 atom stereocenters. The first-order valence-corrected chi connectivity index (χ1v) is 30.8. The van der Waals surface area contributed by atoms with Crippen LogP contribution in [-0.2, 0) is 28.6 Å². The van der Waals surface area contributed by atoms with Gasteiger partial charge in [-0.3, -0.25) is 14.4 Å². The van der Waals surface area contributed by atoms with Crippen molar-refractivity contribution in [2.24, 2.45) is 0 Å². The van der Waals surface area contributed by atoms with Crippen LogP contribution in [0.1, 0.15) is 342 Å². The van der Waals surface area contributed by atoms with Gasteiger partial charge in [0.15, 0.2) is 6.10 Å². The zero-order chi connectivity index (χ0) is 50.0. The molecule has 0 N–H and O–H groups in total. The van der Waals surface area contributed by atoms with Crippen molar-refractivity contribution in [2.45, 2.75) is 348 Å². The zero-order valence-corrected chi connectivity index (χ0v) is 46.6. The molecule has 0 amide bonds. The van der Waals surface area contributed by atoms with E-state index in [1.165, 1.54) is 231 Å². The van der Waals surface area contributed by atoms with Gasteiger partial charge in [-0.05, 0) is 70.6 Å². The van der Waals surface area contributed by atoms with Crippen molar-refractivity contribution < 1.29 is 28.6 Å². The van der Waals surface area contributed by atoms with Crippen LogP contribution in [0.4, 0.5) is 0 Å². The largest absolute Gasteiger partial charge is 0.462 e. The van der Waals surface area contributed by atoms with Gasteiger partial charge >= 0.3 is 17.9 Å². The van der Waals surface area contributed by atoms with Crippen molar-refractivity contribution in [1.29, 1.82) is 0 Å². The summed E-state index contributed by atoms with van der Waals surface area (Å²) in [5, 5.41) is 0. The Hall–Kier alpha value is -2.11. The predicted molar refractivity (Wildman–Crippen MR) is 298 cm³/mol. The zero-order valence-electron chi connectivity index (χ0n) is 46.6. The van der Waals surface area contributed by atoms with Gasteiger partial charge in [-0.1, -0.05) is 276 Å². The Bertz CT molecular complexity index is 1110. The van der Waals surface area contributed by atoms with Crippen molar-refractivity contribution in [3.8, 4) is 0 Å². The first-order valence-electron chi connectivity index (χ1n) is 30.8. The fourth-order valence-corrected chi connectivity index (χ4v) is 9.26. The quantitative estimate of drug-likeness (QED) is 0.0261. The summed E-state index contributed by atoms with van der Waals surface area (Å²) in [6, 6.07) is 0. The number of carbonyl (C=O) groups excluding carboxylic acids is 3. The number of ether oxygens (including phenoxy) is 3. The average molecular weight is 972 g/mol. The van der Waals surface area contributed by atoms with E-state index in [0.717, 1.165) is 70.6 Å². The van der Waals surface area contributed by atoms with Crippen LogP contribution < -0.4 is 0 Å². The maximum Gasteiger partial charge on any atom is 0.306 e. The third kappa shape index (κ3) is 56.7. The molecular weight excluding hydrogens is 853 g/mol. The number of carbonyl (C=O) groups is 3. The lowest BCUT2D eigenvalue weighted by atomic mass is 10.0. The molecule has 0 bridgehead atoms. The Morgan fingerprint density at radius 2 is 0.478 bits per heavy atom. The van der Waals surface area contributed by atoms with E-state index in [4.69, 9.17) is 14.2 Å². The molecule has 0 aliphatic rings. The van der Waals surface area contributed by atoms with E-state index in [0.29, 0.717) is 19.3 Å². The molecule has 0 aliphatic heterocycles. The smallest absolute Gasteiger partial charge is 0.306 e. The normalized spacial score (nSPS) is 12.1. The molecule has 6 nitrogen and oxygen atoms in total. The summed E-state index contributed by atoms with van der Waals surface area (Å²) in [6.45, 7) is 6.67. The van der Waals surface area contributed by atoms with Crippen molar-refractivity contribution >= 4 is 17.9 Å². The minimum atomic E-state index is -0.775. The van der Waals surface area contributed by atoms with Gasteiger partial charge in [0.1, 0.15) is 13.2 Å². The summed E-state index contributed by atoms with van der Waals surface area (Å²) in [5.41, 5.74) is 0. The minimum Gasteiger partial charge on any atom is -0.462 e. The van der Waals surface area contributed by atoms with Crippen LogP contribution in [0.15, 0.2) is 24.3 Å². The van der Waals surface area contributed by atoms with Gasteiger partial charge in [-0.15, -0.1) is 0 Å². The maximum atomic E-state index is 12.9. The summed E-state index contributed by atoms with van der Waals surface area (Å²) < 4.78 is 16.9. The van der Waals surface area contributed by atoms with Gasteiger partial charge in [0, 0.05) is 19.3 Å². The van der Waals surface area contributed by atoms with Crippen molar-refractivity contribution in [3.63, 3.8) is 0 Å². The molecule has 0 saturated carbocycles. The Morgan fingerprint density at radius 3 is 0.739 bits per heavy atom. The average Bonchev–Trinajstić information content (AvgIpc) is 3.35. The van der Waals surface area contributed by atoms with E-state index in [1.54, 1.807) is 0 Å². The molecule has 0 radical (unpaired) electrons. The summed E-state index contributed by atoms with van der Waals surface area (Å²) >= 11 is 0. The molecule has 0 heterocycles. The molecule has 0 saturated heterocycles. The molecule has 0 rings (SSSR count). The molecule has 0 aromatic rings. The van der Waals surface area contributed by atoms with E-state index in [1.807, 2.05) is 0 Å². The Morgan fingerprint density at radius 1 is 0.275 bits per heavy atom. The fourth-order valence-electron chi connectivity index (χ4n) is 9.26. The van der Waals surface area contributed by atoms with Gasteiger partial charge in [0.2, 0.25) is 0 Å². The molecular formula is C63H118O6. The summed E-state index contributed by atoms with van der Waals surface area (Å²) in [5.74, 6) is -0.868. The monoisotopic (exact) mass is 971 g/mol. The van der Waals surface area contributed by atoms with Gasteiger partial charge in [0.05, 0.1) is 0 Å². The third-order valence-corrected chi connectivity index (χ3v) is 13.9. The number of hydrogen-bond acceptors (Lipinski definition) is 6. The highest BCUT2D eigenvalue weighted by molar-refractivity contribution is 5.71. The number of allylic oxidation sites excluding steroid dienone is 4. The predicted octanol–water partition coefficient (Wildman–Crippen LogP) is 20.7. The first kappa shape index (κ1) is 66.9. The number of hydrogen-bond donors (Lipinski definition) is 0. The van der Waals surface area contributed by atoms with E-state index in [-0.39, 0.29) is 31.1 Å². The molecule has 406 valence electrons. The van der Waals surface area contributed by atoms with Crippen LogP contribution in [-0.4, -0.2) is 37.2 Å². The van der Waals surface area contributed by atoms with Crippen molar-refractivity contribution in [3.05, 3.63) is 24.3 Å². The van der Waals surface area contributed by atoms with Crippen molar-refractivity contribution in [1.82, 2.24) is 0 Å². The van der Waals surface area contributed by atoms with Gasteiger partial charge in [0.25, 0.3) is 0 Å². The van der Waals surface area contributed by atoms with Crippen LogP contribution >= 0.6 is 0 Å². The van der Waals surface area contributed by atoms with E-state index < -0.39 is 6.10 Å². The fraction of sp³-hybridized carbons (Fsp3) is 0.889. The minimum absolute atomic E-state index is 0.0726. The van der Waals surface area contributed by atoms with Crippen LogP contribution in [0.5, 0.6) is 0 Å². The second-order valence-electron chi connectivity index (χ2n) is 21.0. The van der Waals surface area contributed by atoms with Crippen LogP contribution in [0.3, 0.4) is 0 Å². The Balaban J connectivity index is 4.27. The van der Waals surface area contributed by atoms with Crippen LogP contribution in [0.2, 0.25) is 0 Å². The summed E-state index contributed by atoms with van der Waals surface area (Å²) in [4.78, 5) is 38.2. The lowest BCUT2D eigenvalue weighted by Crippen LogP contribution is -2.30. The second kappa shape index (κ2) is 58.5. The Labute approximate surface area is 430 Å². The lowest BCUT2D eigenvalue weighted by Gasteiger charge is -2.18. The molecule has 69 heavy (non-hydrogen) atoms.